The third-order valence-corrected chi connectivity index (χ3v) is 4.83. The van der Waals surface area contributed by atoms with E-state index >= 15 is 0 Å². The Morgan fingerprint density at radius 2 is 2.16 bits per heavy atom. The molecule has 110 valence electrons. The topological polar surface area (TPSA) is 67.2 Å². The van der Waals surface area contributed by atoms with Gasteiger partial charge in [0.25, 0.3) is 0 Å². The van der Waals surface area contributed by atoms with Gasteiger partial charge in [0, 0.05) is 26.5 Å². The number of hydrogen-bond acceptors (Lipinski definition) is 4. The van der Waals surface area contributed by atoms with Crippen molar-refractivity contribution in [3.8, 4) is 0 Å². The summed E-state index contributed by atoms with van der Waals surface area (Å²) >= 11 is 0. The molecule has 0 spiro atoms. The number of nitrogens with one attached hydrogen (secondary N) is 1. The summed E-state index contributed by atoms with van der Waals surface area (Å²) in [5.41, 5.74) is 0. The highest BCUT2D eigenvalue weighted by Crippen LogP contribution is 2.06. The van der Waals surface area contributed by atoms with Gasteiger partial charge < -0.3 is 9.88 Å². The van der Waals surface area contributed by atoms with Gasteiger partial charge in [-0.3, -0.25) is 0 Å². The van der Waals surface area contributed by atoms with Gasteiger partial charge in [-0.15, -0.1) is 0 Å². The second-order valence-electron chi connectivity index (χ2n) is 4.63. The average Bonchev–Trinajstić information content (AvgIpc) is 2.74. The fourth-order valence-electron chi connectivity index (χ4n) is 1.68. The Bertz CT molecular complexity index is 470. The molecule has 1 rings (SSSR count). The van der Waals surface area contributed by atoms with Gasteiger partial charge in [-0.25, -0.2) is 13.4 Å². The highest BCUT2D eigenvalue weighted by atomic mass is 32.2. The van der Waals surface area contributed by atoms with Crippen LogP contribution in [0.5, 0.6) is 0 Å². The van der Waals surface area contributed by atoms with Gasteiger partial charge in [0.2, 0.25) is 10.0 Å². The van der Waals surface area contributed by atoms with Crippen LogP contribution in [0.4, 0.5) is 0 Å². The van der Waals surface area contributed by atoms with Crippen LogP contribution in [0.15, 0.2) is 12.4 Å². The first-order valence-corrected chi connectivity index (χ1v) is 8.19. The number of aryl methyl sites for hydroxylation is 1. The molecule has 0 fully saturated rings. The molecule has 0 radical (unpaired) electrons. The summed E-state index contributed by atoms with van der Waals surface area (Å²) in [7, 11) is 0.259. The standard InChI is InChI=1S/C12H24N4O2S/c1-4-6-13-7-5-10-19(17,18)16(3)11-12-14-8-9-15(12)2/h8-9,13H,4-7,10-11H2,1-3H3. The Balaban J connectivity index is 2.41. The summed E-state index contributed by atoms with van der Waals surface area (Å²) in [5, 5.41) is 3.20. The van der Waals surface area contributed by atoms with Crippen LogP contribution in [0.1, 0.15) is 25.6 Å². The van der Waals surface area contributed by atoms with Crippen molar-refractivity contribution in [2.75, 3.05) is 25.9 Å². The van der Waals surface area contributed by atoms with E-state index in [4.69, 9.17) is 0 Å². The third-order valence-electron chi connectivity index (χ3n) is 2.94. The Morgan fingerprint density at radius 3 is 2.74 bits per heavy atom. The van der Waals surface area contributed by atoms with E-state index in [1.807, 2.05) is 17.8 Å². The summed E-state index contributed by atoms with van der Waals surface area (Å²) in [4.78, 5) is 4.13. The molecule has 0 saturated heterocycles. The predicted molar refractivity (Wildman–Crippen MR) is 76.2 cm³/mol. The van der Waals surface area contributed by atoms with E-state index in [2.05, 4.69) is 17.2 Å². The molecule has 1 aromatic heterocycles. The zero-order valence-electron chi connectivity index (χ0n) is 12.0. The second-order valence-corrected chi connectivity index (χ2v) is 6.83. The van der Waals surface area contributed by atoms with E-state index < -0.39 is 10.0 Å². The largest absolute Gasteiger partial charge is 0.337 e. The summed E-state index contributed by atoms with van der Waals surface area (Å²) in [5.74, 6) is 0.917. The summed E-state index contributed by atoms with van der Waals surface area (Å²) < 4.78 is 27.3. The first kappa shape index (κ1) is 16.1. The summed E-state index contributed by atoms with van der Waals surface area (Å²) in [6.45, 7) is 4.07. The highest BCUT2D eigenvalue weighted by Gasteiger charge is 2.18. The number of nitrogens with zero attached hydrogens (tertiary/aromatic N) is 3. The van der Waals surface area contributed by atoms with Gasteiger partial charge in [0.05, 0.1) is 12.3 Å². The van der Waals surface area contributed by atoms with E-state index in [-0.39, 0.29) is 5.75 Å². The molecule has 0 atom stereocenters. The number of rotatable bonds is 9. The van der Waals surface area contributed by atoms with Gasteiger partial charge in [0.15, 0.2) is 0 Å². The van der Waals surface area contributed by atoms with Crippen LogP contribution in [0.3, 0.4) is 0 Å². The van der Waals surface area contributed by atoms with Gasteiger partial charge in [-0.05, 0) is 25.9 Å². The lowest BCUT2D eigenvalue weighted by molar-refractivity contribution is 0.449. The van der Waals surface area contributed by atoms with E-state index in [0.29, 0.717) is 13.0 Å². The average molecular weight is 288 g/mol. The van der Waals surface area contributed by atoms with E-state index in [9.17, 15) is 8.42 Å². The molecule has 0 aliphatic rings. The lowest BCUT2D eigenvalue weighted by atomic mass is 10.4. The SMILES string of the molecule is CCCNCCCS(=O)(=O)N(C)Cc1nccn1C. The molecule has 0 bridgehead atoms. The number of hydrogen-bond donors (Lipinski definition) is 1. The molecule has 1 aromatic rings. The van der Waals surface area contributed by atoms with Crippen LogP contribution >= 0.6 is 0 Å². The van der Waals surface area contributed by atoms with Crippen molar-refractivity contribution in [3.63, 3.8) is 0 Å². The van der Waals surface area contributed by atoms with Gasteiger partial charge in [0.1, 0.15) is 5.82 Å². The van der Waals surface area contributed by atoms with Crippen LogP contribution in [0, 0.1) is 0 Å². The van der Waals surface area contributed by atoms with Crippen LogP contribution in [0.2, 0.25) is 0 Å². The summed E-state index contributed by atoms with van der Waals surface area (Å²) in [6, 6.07) is 0. The van der Waals surface area contributed by atoms with Crippen LogP contribution < -0.4 is 5.32 Å². The van der Waals surface area contributed by atoms with Gasteiger partial charge in [-0.1, -0.05) is 6.92 Å². The monoisotopic (exact) mass is 288 g/mol. The first-order valence-electron chi connectivity index (χ1n) is 6.58. The molecule has 0 aliphatic heterocycles. The third kappa shape index (κ3) is 5.30. The first-order chi connectivity index (χ1) is 8.97. The fraction of sp³-hybridized carbons (Fsp3) is 0.750. The molecule has 7 heteroatoms. The van der Waals surface area contributed by atoms with Crippen LogP contribution in [-0.2, 0) is 23.6 Å². The van der Waals surface area contributed by atoms with Crippen LogP contribution in [0.25, 0.3) is 0 Å². The molecule has 0 aromatic carbocycles. The van der Waals surface area contributed by atoms with Crippen molar-refractivity contribution in [3.05, 3.63) is 18.2 Å². The zero-order valence-corrected chi connectivity index (χ0v) is 12.8. The number of imidazole rings is 1. The molecular weight excluding hydrogens is 264 g/mol. The molecule has 0 amide bonds. The predicted octanol–water partition coefficient (Wildman–Crippen LogP) is 0.571. The van der Waals surface area contributed by atoms with Crippen molar-refractivity contribution in [2.24, 2.45) is 7.05 Å². The molecule has 0 unspecified atom stereocenters. The van der Waals surface area contributed by atoms with E-state index in [1.54, 1.807) is 13.2 Å². The molecule has 1 heterocycles. The minimum Gasteiger partial charge on any atom is -0.337 e. The minimum atomic E-state index is -3.20. The Labute approximate surface area is 115 Å². The maximum absolute atomic E-state index is 12.1. The van der Waals surface area contributed by atoms with Crippen LogP contribution in [-0.4, -0.2) is 48.2 Å². The van der Waals surface area contributed by atoms with Gasteiger partial charge in [-0.2, -0.15) is 4.31 Å². The minimum absolute atomic E-state index is 0.171. The molecule has 6 nitrogen and oxygen atoms in total. The maximum Gasteiger partial charge on any atom is 0.214 e. The van der Waals surface area contributed by atoms with Crippen molar-refractivity contribution < 1.29 is 8.42 Å². The number of sulfonamides is 1. The molecular formula is C12H24N4O2S. The van der Waals surface area contributed by atoms with Gasteiger partial charge >= 0.3 is 0 Å². The number of aromatic nitrogens is 2. The lowest BCUT2D eigenvalue weighted by Crippen LogP contribution is -2.31. The maximum atomic E-state index is 12.1. The van der Waals surface area contributed by atoms with Crippen molar-refractivity contribution in [1.29, 1.82) is 0 Å². The van der Waals surface area contributed by atoms with E-state index in [0.717, 1.165) is 25.3 Å². The normalized spacial score (nSPS) is 12.2. The molecule has 1 N–H and O–H groups in total. The van der Waals surface area contributed by atoms with Crippen molar-refractivity contribution in [1.82, 2.24) is 19.2 Å². The van der Waals surface area contributed by atoms with E-state index in [1.165, 1.54) is 4.31 Å². The Kier molecular flexibility index (Phi) is 6.47. The highest BCUT2D eigenvalue weighted by molar-refractivity contribution is 7.89. The summed E-state index contributed by atoms with van der Waals surface area (Å²) in [6.07, 6.45) is 5.17. The Morgan fingerprint density at radius 1 is 1.42 bits per heavy atom. The molecule has 0 saturated carbocycles. The van der Waals surface area contributed by atoms with Crippen molar-refractivity contribution >= 4 is 10.0 Å². The lowest BCUT2D eigenvalue weighted by Gasteiger charge is -2.16. The second kappa shape index (κ2) is 7.62. The Hall–Kier alpha value is -0.920. The smallest absolute Gasteiger partial charge is 0.214 e. The zero-order chi connectivity index (χ0) is 14.3. The van der Waals surface area contributed by atoms with Crippen molar-refractivity contribution in [2.45, 2.75) is 26.3 Å². The fourth-order valence-corrected chi connectivity index (χ4v) is 2.82. The molecule has 19 heavy (non-hydrogen) atoms. The molecule has 0 aliphatic carbocycles. The quantitative estimate of drug-likeness (QED) is 0.675.